The van der Waals surface area contributed by atoms with Crippen LogP contribution in [-0.4, -0.2) is 6.36 Å². The second-order valence-electron chi connectivity index (χ2n) is 3.41. The zero-order valence-corrected chi connectivity index (χ0v) is 8.79. The van der Waals surface area contributed by atoms with Crippen molar-refractivity contribution in [2.45, 2.75) is 39.5 Å². The summed E-state index contributed by atoms with van der Waals surface area (Å²) in [4.78, 5) is 0. The van der Waals surface area contributed by atoms with Gasteiger partial charge in [0.2, 0.25) is 6.36 Å². The van der Waals surface area contributed by atoms with Crippen LogP contribution in [0.2, 0.25) is 0 Å². The van der Waals surface area contributed by atoms with Crippen LogP contribution in [0.1, 0.15) is 32.3 Å². The fourth-order valence-corrected chi connectivity index (χ4v) is 1.34. The zero-order valence-electron chi connectivity index (χ0n) is 8.79. The fraction of sp³-hybridized carbons (Fsp3) is 0.500. The Bertz CT molecular complexity index is 271. The van der Waals surface area contributed by atoms with Gasteiger partial charge in [-0.15, -0.1) is 0 Å². The number of hydrogen-bond acceptors (Lipinski definition) is 1. The van der Waals surface area contributed by atoms with E-state index in [-0.39, 0.29) is 0 Å². The van der Waals surface area contributed by atoms with Crippen LogP contribution in [0.4, 0.5) is 4.39 Å². The predicted molar refractivity (Wildman–Crippen MR) is 56.3 cm³/mol. The molecule has 0 aromatic heterocycles. The largest absolute Gasteiger partial charge is 0.461 e. The van der Waals surface area contributed by atoms with Gasteiger partial charge in [0.25, 0.3) is 0 Å². The smallest absolute Gasteiger partial charge is 0.235 e. The van der Waals surface area contributed by atoms with Crippen LogP contribution in [0, 0.1) is 0 Å². The highest BCUT2D eigenvalue weighted by atomic mass is 19.1. The molecule has 0 heterocycles. The van der Waals surface area contributed by atoms with Gasteiger partial charge in [-0.05, 0) is 30.5 Å². The second kappa shape index (κ2) is 5.63. The predicted octanol–water partition coefficient (Wildman–Crippen LogP) is 3.72. The Morgan fingerprint density at radius 1 is 1.43 bits per heavy atom. The van der Waals surface area contributed by atoms with E-state index in [1.165, 1.54) is 18.9 Å². The minimum Gasteiger partial charge on any atom is -0.461 e. The first kappa shape index (κ1) is 11.0. The molecule has 0 saturated heterocycles. The van der Waals surface area contributed by atoms with Gasteiger partial charge in [-0.3, -0.25) is 0 Å². The number of alkyl halides is 1. The van der Waals surface area contributed by atoms with E-state index < -0.39 is 6.36 Å². The highest BCUT2D eigenvalue weighted by Crippen LogP contribution is 2.16. The number of rotatable bonds is 5. The first-order valence-electron chi connectivity index (χ1n) is 5.12. The Morgan fingerprint density at radius 2 is 2.21 bits per heavy atom. The summed E-state index contributed by atoms with van der Waals surface area (Å²) in [5, 5.41) is 0. The third kappa shape index (κ3) is 3.77. The van der Waals surface area contributed by atoms with E-state index in [2.05, 4.69) is 6.92 Å². The van der Waals surface area contributed by atoms with Gasteiger partial charge >= 0.3 is 0 Å². The van der Waals surface area contributed by atoms with E-state index in [4.69, 9.17) is 4.74 Å². The van der Waals surface area contributed by atoms with Gasteiger partial charge < -0.3 is 4.74 Å². The first-order chi connectivity index (χ1) is 6.72. The molecule has 0 aliphatic heterocycles. The maximum Gasteiger partial charge on any atom is 0.235 e. The van der Waals surface area contributed by atoms with Gasteiger partial charge in [-0.25, -0.2) is 4.39 Å². The summed E-state index contributed by atoms with van der Waals surface area (Å²) in [6, 6.07) is 7.64. The molecule has 1 aromatic rings. The molecule has 78 valence electrons. The molecule has 1 aromatic carbocycles. The molecule has 1 rings (SSSR count). The van der Waals surface area contributed by atoms with Crippen molar-refractivity contribution in [1.82, 2.24) is 0 Å². The lowest BCUT2D eigenvalue weighted by Gasteiger charge is -2.08. The highest BCUT2D eigenvalue weighted by Gasteiger charge is 2.00. The van der Waals surface area contributed by atoms with E-state index in [1.54, 1.807) is 6.07 Å². The van der Waals surface area contributed by atoms with E-state index in [1.807, 2.05) is 18.2 Å². The Balaban J connectivity index is 2.59. The van der Waals surface area contributed by atoms with E-state index in [0.717, 1.165) is 12.8 Å². The Hall–Kier alpha value is -1.05. The number of ether oxygens (including phenoxy) is 1. The van der Waals surface area contributed by atoms with E-state index in [0.29, 0.717) is 5.75 Å². The molecule has 1 nitrogen and oxygen atoms in total. The summed E-state index contributed by atoms with van der Waals surface area (Å²) >= 11 is 0. The summed E-state index contributed by atoms with van der Waals surface area (Å²) < 4.78 is 17.5. The molecule has 0 aliphatic carbocycles. The standard InChI is InChI=1S/C12H17FO/c1-3-4-6-11-7-5-8-12(9-11)14-10(2)13/h5,7-10H,3-4,6H2,1-2H3. The lowest BCUT2D eigenvalue weighted by atomic mass is 10.1. The SMILES string of the molecule is CCCCc1cccc(OC(C)F)c1. The third-order valence-electron chi connectivity index (χ3n) is 2.02. The molecule has 0 fully saturated rings. The maximum atomic E-state index is 12.5. The van der Waals surface area contributed by atoms with Gasteiger partial charge in [0, 0.05) is 6.92 Å². The molecule has 1 atom stereocenters. The minimum atomic E-state index is -1.24. The molecule has 0 amide bonds. The Labute approximate surface area is 84.9 Å². The van der Waals surface area contributed by atoms with Gasteiger partial charge in [-0.2, -0.15) is 0 Å². The number of aryl methyl sites for hydroxylation is 1. The van der Waals surface area contributed by atoms with Gasteiger partial charge in [0.15, 0.2) is 0 Å². The van der Waals surface area contributed by atoms with Crippen molar-refractivity contribution in [2.75, 3.05) is 0 Å². The lowest BCUT2D eigenvalue weighted by molar-refractivity contribution is 0.0860. The number of unbranched alkanes of at least 4 members (excludes halogenated alkanes) is 1. The topological polar surface area (TPSA) is 9.23 Å². The first-order valence-corrected chi connectivity index (χ1v) is 5.12. The summed E-state index contributed by atoms with van der Waals surface area (Å²) in [5.74, 6) is 0.619. The van der Waals surface area contributed by atoms with Gasteiger partial charge in [-0.1, -0.05) is 25.5 Å². The van der Waals surface area contributed by atoms with E-state index in [9.17, 15) is 4.39 Å². The Kier molecular flexibility index (Phi) is 4.44. The summed E-state index contributed by atoms with van der Waals surface area (Å²) in [6.07, 6.45) is 2.13. The monoisotopic (exact) mass is 196 g/mol. The molecule has 0 N–H and O–H groups in total. The fourth-order valence-electron chi connectivity index (χ4n) is 1.34. The van der Waals surface area contributed by atoms with Crippen LogP contribution >= 0.6 is 0 Å². The Morgan fingerprint density at radius 3 is 2.86 bits per heavy atom. The maximum absolute atomic E-state index is 12.5. The molecule has 0 aliphatic rings. The van der Waals surface area contributed by atoms with Crippen LogP contribution in [-0.2, 0) is 6.42 Å². The second-order valence-corrected chi connectivity index (χ2v) is 3.41. The summed E-state index contributed by atoms with van der Waals surface area (Å²) in [6.45, 7) is 3.54. The summed E-state index contributed by atoms with van der Waals surface area (Å²) in [7, 11) is 0. The normalized spacial score (nSPS) is 12.5. The van der Waals surface area contributed by atoms with Crippen molar-refractivity contribution >= 4 is 0 Å². The molecule has 1 unspecified atom stereocenters. The van der Waals surface area contributed by atoms with E-state index >= 15 is 0 Å². The van der Waals surface area contributed by atoms with Crippen molar-refractivity contribution < 1.29 is 9.13 Å². The molecular formula is C12H17FO. The van der Waals surface area contributed by atoms with Crippen molar-refractivity contribution in [3.63, 3.8) is 0 Å². The van der Waals surface area contributed by atoms with Crippen molar-refractivity contribution in [2.24, 2.45) is 0 Å². The molecule has 2 heteroatoms. The summed E-state index contributed by atoms with van der Waals surface area (Å²) in [5.41, 5.74) is 1.21. The molecule has 0 radical (unpaired) electrons. The molecule has 0 bridgehead atoms. The minimum absolute atomic E-state index is 0.619. The van der Waals surface area contributed by atoms with Crippen molar-refractivity contribution in [3.8, 4) is 5.75 Å². The molecular weight excluding hydrogens is 179 g/mol. The lowest BCUT2D eigenvalue weighted by Crippen LogP contribution is -2.03. The molecule has 14 heavy (non-hydrogen) atoms. The van der Waals surface area contributed by atoms with Crippen LogP contribution < -0.4 is 4.74 Å². The number of halogens is 1. The quantitative estimate of drug-likeness (QED) is 0.697. The number of hydrogen-bond donors (Lipinski definition) is 0. The third-order valence-corrected chi connectivity index (χ3v) is 2.02. The average Bonchev–Trinajstić information content (AvgIpc) is 2.14. The molecule has 0 spiro atoms. The van der Waals surface area contributed by atoms with Crippen molar-refractivity contribution in [1.29, 1.82) is 0 Å². The van der Waals surface area contributed by atoms with Crippen molar-refractivity contribution in [3.05, 3.63) is 29.8 Å². The van der Waals surface area contributed by atoms with Gasteiger partial charge in [0.05, 0.1) is 0 Å². The van der Waals surface area contributed by atoms with Gasteiger partial charge in [0.1, 0.15) is 5.75 Å². The van der Waals surface area contributed by atoms with Crippen LogP contribution in [0.3, 0.4) is 0 Å². The van der Waals surface area contributed by atoms with Crippen LogP contribution in [0.25, 0.3) is 0 Å². The highest BCUT2D eigenvalue weighted by molar-refractivity contribution is 5.28. The average molecular weight is 196 g/mol. The van der Waals surface area contributed by atoms with Crippen LogP contribution in [0.15, 0.2) is 24.3 Å². The zero-order chi connectivity index (χ0) is 10.4. The van der Waals surface area contributed by atoms with Crippen LogP contribution in [0.5, 0.6) is 5.75 Å². The number of benzene rings is 1. The molecule has 0 saturated carbocycles.